The van der Waals surface area contributed by atoms with E-state index in [0.717, 1.165) is 18.6 Å². The number of unbranched alkanes of at least 4 members (excludes halogenated alkanes) is 1. The summed E-state index contributed by atoms with van der Waals surface area (Å²) in [5.74, 6) is 1.64. The van der Waals surface area contributed by atoms with Gasteiger partial charge >= 0.3 is 0 Å². The number of carbonyl (C=O) groups excluding carboxylic acids is 1. The third-order valence-electron chi connectivity index (χ3n) is 3.93. The van der Waals surface area contributed by atoms with Crippen LogP contribution >= 0.6 is 0 Å². The molecule has 146 valence electrons. The zero-order chi connectivity index (χ0) is 19.6. The Morgan fingerprint density at radius 1 is 1.04 bits per heavy atom. The fraction of sp³-hybridized carbons (Fsp3) is 0.286. The van der Waals surface area contributed by atoms with E-state index in [-0.39, 0.29) is 5.91 Å². The molecule has 7 heteroatoms. The summed E-state index contributed by atoms with van der Waals surface area (Å²) in [5, 5.41) is 10.8. The van der Waals surface area contributed by atoms with Crippen molar-refractivity contribution in [2.24, 2.45) is 0 Å². The monoisotopic (exact) mass is 381 g/mol. The molecule has 0 aliphatic carbocycles. The second-order valence-electron chi connectivity index (χ2n) is 6.06. The van der Waals surface area contributed by atoms with Crippen molar-refractivity contribution in [1.29, 1.82) is 0 Å². The molecule has 0 saturated heterocycles. The van der Waals surface area contributed by atoms with E-state index in [0.29, 0.717) is 42.7 Å². The second kappa shape index (κ2) is 10.1. The first-order valence-corrected chi connectivity index (χ1v) is 9.27. The molecule has 1 amide bonds. The summed E-state index contributed by atoms with van der Waals surface area (Å²) in [5.41, 5.74) is 1.21. The number of rotatable bonds is 10. The van der Waals surface area contributed by atoms with E-state index in [9.17, 15) is 4.79 Å². The van der Waals surface area contributed by atoms with E-state index in [4.69, 9.17) is 13.9 Å². The van der Waals surface area contributed by atoms with Gasteiger partial charge in [-0.15, -0.1) is 10.2 Å². The molecule has 1 aromatic carbocycles. The summed E-state index contributed by atoms with van der Waals surface area (Å²) in [4.78, 5) is 12.2. The van der Waals surface area contributed by atoms with Gasteiger partial charge in [-0.05, 0) is 48.9 Å². The lowest BCUT2D eigenvalue weighted by Crippen LogP contribution is -2.28. The molecule has 1 N–H and O–H groups in total. The van der Waals surface area contributed by atoms with Crippen molar-refractivity contribution in [1.82, 2.24) is 15.5 Å². The van der Waals surface area contributed by atoms with Crippen LogP contribution < -0.4 is 14.8 Å². The Bertz CT molecular complexity index is 846. The van der Waals surface area contributed by atoms with E-state index in [1.807, 2.05) is 6.07 Å². The largest absolute Gasteiger partial charge is 0.494 e. The number of hydrogen-bond donors (Lipinski definition) is 1. The highest BCUT2D eigenvalue weighted by atomic mass is 16.5. The van der Waals surface area contributed by atoms with Crippen LogP contribution in [0.5, 0.6) is 11.6 Å². The molecule has 0 unspecified atom stereocenters. The van der Waals surface area contributed by atoms with E-state index in [1.165, 1.54) is 0 Å². The molecular formula is C21H23N3O4. The van der Waals surface area contributed by atoms with Gasteiger partial charge < -0.3 is 19.2 Å². The number of amides is 1. The van der Waals surface area contributed by atoms with Crippen LogP contribution in [0.3, 0.4) is 0 Å². The number of nitrogens with zero attached hydrogens (tertiary/aromatic N) is 2. The summed E-state index contributed by atoms with van der Waals surface area (Å²) in [7, 11) is 0. The first kappa shape index (κ1) is 19.4. The molecule has 7 nitrogen and oxygen atoms in total. The summed E-state index contributed by atoms with van der Waals surface area (Å²) in [6.45, 7) is 3.45. The fourth-order valence-corrected chi connectivity index (χ4v) is 2.41. The van der Waals surface area contributed by atoms with Crippen molar-refractivity contribution in [3.8, 4) is 23.1 Å². The van der Waals surface area contributed by atoms with Gasteiger partial charge in [0.25, 0.3) is 5.91 Å². The average Bonchev–Trinajstić information content (AvgIpc) is 3.27. The summed E-state index contributed by atoms with van der Waals surface area (Å²) in [6.07, 6.45) is 3.68. The maximum absolute atomic E-state index is 12.2. The molecule has 2 aromatic heterocycles. The first-order valence-electron chi connectivity index (χ1n) is 9.27. The Morgan fingerprint density at radius 3 is 2.57 bits per heavy atom. The minimum atomic E-state index is -0.164. The molecule has 3 aromatic rings. The van der Waals surface area contributed by atoms with Crippen LogP contribution in [0.25, 0.3) is 11.5 Å². The van der Waals surface area contributed by atoms with Crippen LogP contribution in [0, 0.1) is 0 Å². The lowest BCUT2D eigenvalue weighted by atomic mass is 10.2. The highest BCUT2D eigenvalue weighted by Crippen LogP contribution is 2.17. The topological polar surface area (TPSA) is 86.5 Å². The van der Waals surface area contributed by atoms with Gasteiger partial charge in [0.2, 0.25) is 5.88 Å². The maximum Gasteiger partial charge on any atom is 0.251 e. The van der Waals surface area contributed by atoms with Gasteiger partial charge in [0.1, 0.15) is 18.1 Å². The van der Waals surface area contributed by atoms with Gasteiger partial charge in [0.05, 0.1) is 19.4 Å². The summed E-state index contributed by atoms with van der Waals surface area (Å²) in [6, 6.07) is 14.2. The molecule has 3 rings (SSSR count). The molecule has 0 aliphatic heterocycles. The summed E-state index contributed by atoms with van der Waals surface area (Å²) < 4.78 is 16.3. The van der Waals surface area contributed by atoms with Crippen LogP contribution in [0.1, 0.15) is 30.1 Å². The first-order chi connectivity index (χ1) is 13.8. The van der Waals surface area contributed by atoms with Crippen LogP contribution in [-0.4, -0.2) is 35.9 Å². The second-order valence-corrected chi connectivity index (χ2v) is 6.06. The molecular weight excluding hydrogens is 358 g/mol. The Balaban J connectivity index is 1.39. The van der Waals surface area contributed by atoms with E-state index in [1.54, 1.807) is 48.7 Å². The zero-order valence-corrected chi connectivity index (χ0v) is 15.8. The van der Waals surface area contributed by atoms with Crippen molar-refractivity contribution < 1.29 is 18.7 Å². The van der Waals surface area contributed by atoms with Gasteiger partial charge in [-0.2, -0.15) is 0 Å². The number of carbonyl (C=O) groups is 1. The van der Waals surface area contributed by atoms with Gasteiger partial charge in [-0.3, -0.25) is 4.79 Å². The Hall–Kier alpha value is -3.35. The Labute approximate surface area is 163 Å². The van der Waals surface area contributed by atoms with Gasteiger partial charge in [0.15, 0.2) is 5.76 Å². The quantitative estimate of drug-likeness (QED) is 0.539. The predicted octanol–water partition coefficient (Wildman–Crippen LogP) is 3.72. The van der Waals surface area contributed by atoms with Crippen molar-refractivity contribution >= 4 is 5.91 Å². The minimum Gasteiger partial charge on any atom is -0.494 e. The minimum absolute atomic E-state index is 0.164. The van der Waals surface area contributed by atoms with Crippen molar-refractivity contribution in [3.63, 3.8) is 0 Å². The highest BCUT2D eigenvalue weighted by Gasteiger charge is 2.06. The number of aromatic nitrogens is 2. The standard InChI is InChI=1S/C21H23N3O4/c1-2-3-13-26-17-8-6-16(7-9-17)21(25)22-12-15-28-20-11-10-18(23-24-20)19-5-4-14-27-19/h4-11,14H,2-3,12-13,15H2,1H3,(H,22,25). The van der Waals surface area contributed by atoms with Crippen molar-refractivity contribution in [2.75, 3.05) is 19.8 Å². The lowest BCUT2D eigenvalue weighted by Gasteiger charge is -2.08. The van der Waals surface area contributed by atoms with Gasteiger partial charge in [0, 0.05) is 11.6 Å². The predicted molar refractivity (Wildman–Crippen MR) is 104 cm³/mol. The molecule has 0 saturated carbocycles. The number of benzene rings is 1. The normalized spacial score (nSPS) is 10.5. The Kier molecular flexibility index (Phi) is 7.01. The highest BCUT2D eigenvalue weighted by molar-refractivity contribution is 5.94. The van der Waals surface area contributed by atoms with Crippen molar-refractivity contribution in [3.05, 3.63) is 60.4 Å². The maximum atomic E-state index is 12.2. The van der Waals surface area contributed by atoms with Crippen LogP contribution in [-0.2, 0) is 0 Å². The molecule has 0 fully saturated rings. The van der Waals surface area contributed by atoms with Crippen LogP contribution in [0.15, 0.2) is 59.2 Å². The van der Waals surface area contributed by atoms with Crippen LogP contribution in [0.4, 0.5) is 0 Å². The molecule has 0 aliphatic rings. The lowest BCUT2D eigenvalue weighted by molar-refractivity contribution is 0.0946. The number of furan rings is 1. The molecule has 28 heavy (non-hydrogen) atoms. The van der Waals surface area contributed by atoms with E-state index >= 15 is 0 Å². The SMILES string of the molecule is CCCCOc1ccc(C(=O)NCCOc2ccc(-c3ccco3)nn2)cc1. The molecule has 0 spiro atoms. The fourth-order valence-electron chi connectivity index (χ4n) is 2.41. The van der Waals surface area contributed by atoms with Crippen molar-refractivity contribution in [2.45, 2.75) is 19.8 Å². The van der Waals surface area contributed by atoms with Gasteiger partial charge in [-0.25, -0.2) is 0 Å². The van der Waals surface area contributed by atoms with E-state index in [2.05, 4.69) is 22.4 Å². The van der Waals surface area contributed by atoms with E-state index < -0.39 is 0 Å². The third-order valence-corrected chi connectivity index (χ3v) is 3.93. The number of ether oxygens (including phenoxy) is 2. The third kappa shape index (κ3) is 5.57. The van der Waals surface area contributed by atoms with Gasteiger partial charge in [-0.1, -0.05) is 13.3 Å². The number of hydrogen-bond acceptors (Lipinski definition) is 6. The molecule has 0 bridgehead atoms. The van der Waals surface area contributed by atoms with Crippen LogP contribution in [0.2, 0.25) is 0 Å². The Morgan fingerprint density at radius 2 is 1.89 bits per heavy atom. The molecule has 2 heterocycles. The molecule has 0 radical (unpaired) electrons. The summed E-state index contributed by atoms with van der Waals surface area (Å²) >= 11 is 0. The smallest absolute Gasteiger partial charge is 0.251 e. The number of nitrogens with one attached hydrogen (secondary N) is 1. The average molecular weight is 381 g/mol. The zero-order valence-electron chi connectivity index (χ0n) is 15.8. The molecule has 0 atom stereocenters.